The van der Waals surface area contributed by atoms with Crippen molar-refractivity contribution in [3.8, 4) is 0 Å². The topological polar surface area (TPSA) is 99.2 Å². The van der Waals surface area contributed by atoms with E-state index in [-0.39, 0.29) is 15.7 Å². The number of esters is 2. The number of ether oxygens (including phenoxy) is 3. The Labute approximate surface area is 175 Å². The molecule has 0 radical (unpaired) electrons. The van der Waals surface area contributed by atoms with E-state index in [4.69, 9.17) is 37.4 Å². The number of carbonyl (C=O) groups is 4. The van der Waals surface area contributed by atoms with Gasteiger partial charge in [0, 0.05) is 23.9 Å². The number of nitrogens with zero attached hydrogens (tertiary/aromatic N) is 1. The van der Waals surface area contributed by atoms with Crippen LogP contribution < -0.4 is 4.90 Å². The molecule has 29 heavy (non-hydrogen) atoms. The molecular weight excluding hydrogens is 425 g/mol. The second-order valence-electron chi connectivity index (χ2n) is 6.99. The zero-order chi connectivity index (χ0) is 21.1. The Hall–Kier alpha value is -2.42. The number of amides is 2. The molecule has 3 heterocycles. The standard InChI is InChI=1S/C19H15Cl2NO7/c1-8(23)27-18(28-9(2)24)19-4-3-13(29-19)14-15(19)17(26)22(16(14)25)12-6-10(20)5-11(21)7-12/h3-7,13-15,18H,1-2H3/t13-,14+,15+,19+/m1/s1. The van der Waals surface area contributed by atoms with Crippen molar-refractivity contribution < 1.29 is 33.4 Å². The van der Waals surface area contributed by atoms with Crippen LogP contribution in [0.25, 0.3) is 0 Å². The summed E-state index contributed by atoms with van der Waals surface area (Å²) < 4.78 is 16.2. The van der Waals surface area contributed by atoms with Gasteiger partial charge in [0.25, 0.3) is 6.29 Å². The molecular formula is C19H15Cl2NO7. The van der Waals surface area contributed by atoms with Gasteiger partial charge in [-0.15, -0.1) is 0 Å². The summed E-state index contributed by atoms with van der Waals surface area (Å²) in [5, 5.41) is 0.518. The van der Waals surface area contributed by atoms with Gasteiger partial charge in [-0.05, 0) is 24.3 Å². The molecule has 152 valence electrons. The van der Waals surface area contributed by atoms with Gasteiger partial charge in [-0.25, -0.2) is 4.90 Å². The number of hydrogen-bond donors (Lipinski definition) is 0. The number of fused-ring (bicyclic) bond motifs is 5. The normalized spacial score (nSPS) is 29.6. The van der Waals surface area contributed by atoms with E-state index in [1.807, 2.05) is 0 Å². The first-order chi connectivity index (χ1) is 13.6. The summed E-state index contributed by atoms with van der Waals surface area (Å²) in [4.78, 5) is 50.6. The van der Waals surface area contributed by atoms with Crippen LogP contribution in [-0.4, -0.2) is 41.7 Å². The highest BCUT2D eigenvalue weighted by Crippen LogP contribution is 2.54. The van der Waals surface area contributed by atoms with Gasteiger partial charge in [0.05, 0.1) is 23.6 Å². The van der Waals surface area contributed by atoms with Gasteiger partial charge < -0.3 is 14.2 Å². The van der Waals surface area contributed by atoms with E-state index in [0.717, 1.165) is 18.7 Å². The van der Waals surface area contributed by atoms with Crippen molar-refractivity contribution in [1.82, 2.24) is 0 Å². The van der Waals surface area contributed by atoms with Crippen molar-refractivity contribution in [2.24, 2.45) is 11.8 Å². The van der Waals surface area contributed by atoms with E-state index in [1.54, 1.807) is 6.08 Å². The molecule has 0 aliphatic carbocycles. The molecule has 4 rings (SSSR count). The minimum atomic E-state index is -1.60. The van der Waals surface area contributed by atoms with Crippen molar-refractivity contribution in [3.05, 3.63) is 40.4 Å². The predicted molar refractivity (Wildman–Crippen MR) is 100.0 cm³/mol. The van der Waals surface area contributed by atoms with Crippen LogP contribution >= 0.6 is 23.2 Å². The lowest BCUT2D eigenvalue weighted by atomic mass is 9.76. The van der Waals surface area contributed by atoms with Crippen molar-refractivity contribution >= 4 is 52.6 Å². The van der Waals surface area contributed by atoms with Crippen molar-refractivity contribution in [3.63, 3.8) is 0 Å². The number of anilines is 1. The minimum Gasteiger partial charge on any atom is -0.422 e. The van der Waals surface area contributed by atoms with Crippen molar-refractivity contribution in [2.45, 2.75) is 31.8 Å². The fourth-order valence-electron chi connectivity index (χ4n) is 4.14. The Morgan fingerprint density at radius 3 is 2.21 bits per heavy atom. The first-order valence-electron chi connectivity index (χ1n) is 8.69. The van der Waals surface area contributed by atoms with Crippen LogP contribution in [0.1, 0.15) is 13.8 Å². The van der Waals surface area contributed by atoms with Gasteiger partial charge >= 0.3 is 11.9 Å². The van der Waals surface area contributed by atoms with Crippen molar-refractivity contribution in [2.75, 3.05) is 4.90 Å². The van der Waals surface area contributed by atoms with Gasteiger partial charge in [-0.2, -0.15) is 0 Å². The summed E-state index contributed by atoms with van der Waals surface area (Å²) in [5.74, 6) is -4.46. The molecule has 0 aromatic heterocycles. The molecule has 3 aliphatic rings. The van der Waals surface area contributed by atoms with Crippen LogP contribution in [0, 0.1) is 11.8 Å². The summed E-state index contributed by atoms with van der Waals surface area (Å²) >= 11 is 12.0. The second kappa shape index (κ2) is 6.83. The number of hydrogen-bond acceptors (Lipinski definition) is 7. The maximum Gasteiger partial charge on any atom is 0.305 e. The van der Waals surface area contributed by atoms with Crippen LogP contribution in [-0.2, 0) is 33.4 Å². The Balaban J connectivity index is 1.76. The first-order valence-corrected chi connectivity index (χ1v) is 9.45. The van der Waals surface area contributed by atoms with Crippen molar-refractivity contribution in [1.29, 1.82) is 0 Å². The van der Waals surface area contributed by atoms with E-state index in [9.17, 15) is 19.2 Å². The third-order valence-corrected chi connectivity index (χ3v) is 5.53. The fraction of sp³-hybridized carbons (Fsp3) is 0.368. The van der Waals surface area contributed by atoms with Crippen LogP contribution in [0.15, 0.2) is 30.4 Å². The van der Waals surface area contributed by atoms with Gasteiger partial charge in [-0.1, -0.05) is 29.3 Å². The number of carbonyl (C=O) groups excluding carboxylic acids is 4. The highest BCUT2D eigenvalue weighted by Gasteiger charge is 2.72. The Kier molecular flexibility index (Phi) is 4.68. The van der Waals surface area contributed by atoms with E-state index in [1.165, 1.54) is 24.3 Å². The van der Waals surface area contributed by atoms with Crippen LogP contribution in [0.3, 0.4) is 0 Å². The average molecular weight is 440 g/mol. The lowest BCUT2D eigenvalue weighted by molar-refractivity contribution is -0.226. The van der Waals surface area contributed by atoms with Gasteiger partial charge in [0.1, 0.15) is 0 Å². The van der Waals surface area contributed by atoms with Gasteiger partial charge in [0.2, 0.25) is 11.8 Å². The molecule has 0 unspecified atom stereocenters. The molecule has 0 spiro atoms. The Morgan fingerprint density at radius 2 is 1.66 bits per heavy atom. The van der Waals surface area contributed by atoms with Crippen LogP contribution in [0.2, 0.25) is 10.0 Å². The summed E-state index contributed by atoms with van der Waals surface area (Å²) in [6.45, 7) is 2.27. The zero-order valence-corrected chi connectivity index (χ0v) is 16.8. The smallest absolute Gasteiger partial charge is 0.305 e. The number of imide groups is 1. The third-order valence-electron chi connectivity index (χ3n) is 5.10. The quantitative estimate of drug-likeness (QED) is 0.307. The largest absolute Gasteiger partial charge is 0.422 e. The van der Waals surface area contributed by atoms with Crippen LogP contribution in [0.5, 0.6) is 0 Å². The fourth-order valence-corrected chi connectivity index (χ4v) is 4.65. The Morgan fingerprint density at radius 1 is 1.07 bits per heavy atom. The predicted octanol–water partition coefficient (Wildman–Crippen LogP) is 2.26. The van der Waals surface area contributed by atoms with Crippen LogP contribution in [0.4, 0.5) is 5.69 Å². The second-order valence-corrected chi connectivity index (χ2v) is 7.86. The monoisotopic (exact) mass is 439 g/mol. The molecule has 8 nitrogen and oxygen atoms in total. The summed E-state index contributed by atoms with van der Waals surface area (Å²) in [6.07, 6.45) is 0.855. The molecule has 1 aromatic rings. The van der Waals surface area contributed by atoms with E-state index in [2.05, 4.69) is 0 Å². The molecule has 2 fully saturated rings. The van der Waals surface area contributed by atoms with E-state index >= 15 is 0 Å². The summed E-state index contributed by atoms with van der Waals surface area (Å²) in [6, 6.07) is 4.37. The average Bonchev–Trinajstić information content (AvgIpc) is 3.24. The minimum absolute atomic E-state index is 0.220. The first kappa shape index (κ1) is 19.9. The lowest BCUT2D eigenvalue weighted by Crippen LogP contribution is -2.52. The maximum absolute atomic E-state index is 13.3. The number of halogens is 2. The number of rotatable bonds is 4. The molecule has 0 saturated carbocycles. The highest BCUT2D eigenvalue weighted by atomic mass is 35.5. The van der Waals surface area contributed by atoms with Gasteiger partial charge in [-0.3, -0.25) is 19.2 Å². The van der Waals surface area contributed by atoms with E-state index in [0.29, 0.717) is 0 Å². The van der Waals surface area contributed by atoms with E-state index < -0.39 is 53.6 Å². The Bertz CT molecular complexity index is 941. The maximum atomic E-state index is 13.3. The molecule has 2 amide bonds. The molecule has 2 saturated heterocycles. The molecule has 2 bridgehead atoms. The number of benzene rings is 1. The molecule has 3 aliphatic heterocycles. The highest BCUT2D eigenvalue weighted by molar-refractivity contribution is 6.35. The third kappa shape index (κ3) is 3.02. The molecule has 1 aromatic carbocycles. The summed E-state index contributed by atoms with van der Waals surface area (Å²) in [5.41, 5.74) is -1.38. The molecule has 0 N–H and O–H groups in total. The lowest BCUT2D eigenvalue weighted by Gasteiger charge is -2.34. The zero-order valence-electron chi connectivity index (χ0n) is 15.3. The summed E-state index contributed by atoms with van der Waals surface area (Å²) in [7, 11) is 0. The SMILES string of the molecule is CC(=O)OC(OC(C)=O)[C@@]12C=C[C@@H](O1)[C@@H]1C(=O)N(c3cc(Cl)cc(Cl)c3)C(=O)[C@H]12. The van der Waals surface area contributed by atoms with Gasteiger partial charge in [0.15, 0.2) is 5.60 Å². The molecule has 10 heteroatoms. The molecule has 4 atom stereocenters.